The quantitative estimate of drug-likeness (QED) is 0.125. The monoisotopic (exact) mass is 442 g/mol. The fourth-order valence-corrected chi connectivity index (χ4v) is 4.30. The van der Waals surface area contributed by atoms with Crippen molar-refractivity contribution in [2.45, 2.75) is 155 Å². The first kappa shape index (κ1) is 30.9. The summed E-state index contributed by atoms with van der Waals surface area (Å²) in [6.07, 6.45) is 24.1. The normalized spacial score (nSPS) is 13.5. The second kappa shape index (κ2) is 26.1. The van der Waals surface area contributed by atoms with Crippen LogP contribution >= 0.6 is 0 Å². The van der Waals surface area contributed by atoms with E-state index in [2.05, 4.69) is 27.7 Å². The Hall–Kier alpha value is -0.120. The van der Waals surface area contributed by atoms with E-state index in [1.807, 2.05) is 0 Å². The van der Waals surface area contributed by atoms with E-state index in [4.69, 9.17) is 14.2 Å². The molecule has 0 radical (unpaired) electrons. The van der Waals surface area contributed by atoms with E-state index in [-0.39, 0.29) is 0 Å². The van der Waals surface area contributed by atoms with Crippen LogP contribution in [0, 0.1) is 0 Å². The minimum atomic E-state index is 0.493. The summed E-state index contributed by atoms with van der Waals surface area (Å²) in [5.41, 5.74) is 0. The third-order valence-electron chi connectivity index (χ3n) is 6.19. The van der Waals surface area contributed by atoms with E-state index in [9.17, 15) is 0 Å². The van der Waals surface area contributed by atoms with E-state index in [0.717, 1.165) is 26.4 Å². The number of hydrogen-bond acceptors (Lipinski definition) is 3. The zero-order valence-corrected chi connectivity index (χ0v) is 21.9. The first-order valence-corrected chi connectivity index (χ1v) is 14.1. The van der Waals surface area contributed by atoms with Gasteiger partial charge < -0.3 is 14.2 Å². The van der Waals surface area contributed by atoms with E-state index in [1.165, 1.54) is 116 Å². The highest BCUT2D eigenvalue weighted by Gasteiger charge is 2.08. The van der Waals surface area contributed by atoms with Gasteiger partial charge in [0.2, 0.25) is 0 Å². The molecule has 0 spiro atoms. The third-order valence-corrected chi connectivity index (χ3v) is 6.19. The molecule has 0 fully saturated rings. The number of rotatable bonds is 26. The summed E-state index contributed by atoms with van der Waals surface area (Å²) in [4.78, 5) is 0. The molecule has 0 saturated heterocycles. The maximum atomic E-state index is 5.90. The molecule has 0 saturated carbocycles. The Labute approximate surface area is 196 Å². The van der Waals surface area contributed by atoms with Crippen LogP contribution < -0.4 is 0 Å². The summed E-state index contributed by atoms with van der Waals surface area (Å²) in [5, 5.41) is 0. The minimum Gasteiger partial charge on any atom is -0.381 e. The fraction of sp³-hybridized carbons (Fsp3) is 1.00. The van der Waals surface area contributed by atoms with Gasteiger partial charge in [-0.25, -0.2) is 0 Å². The Kier molecular flexibility index (Phi) is 26.0. The second-order valence-corrected chi connectivity index (χ2v) is 9.16. The van der Waals surface area contributed by atoms with Gasteiger partial charge in [0, 0.05) is 26.4 Å². The molecule has 0 bridgehead atoms. The van der Waals surface area contributed by atoms with Crippen molar-refractivity contribution in [2.24, 2.45) is 0 Å². The van der Waals surface area contributed by atoms with E-state index >= 15 is 0 Å². The van der Waals surface area contributed by atoms with Crippen LogP contribution in [0.5, 0.6) is 0 Å². The molecule has 0 aliphatic heterocycles. The van der Waals surface area contributed by atoms with Crippen LogP contribution in [0.1, 0.15) is 143 Å². The molecular formula is C28H58O3. The SMILES string of the molecule is CCCCCC(CCCCCCOCCCCCCC(CCCCC)OCC)OCC. The van der Waals surface area contributed by atoms with Gasteiger partial charge in [0.15, 0.2) is 0 Å². The summed E-state index contributed by atoms with van der Waals surface area (Å²) < 4.78 is 17.7. The molecule has 0 heterocycles. The molecule has 0 N–H and O–H groups in total. The van der Waals surface area contributed by atoms with E-state index in [0.29, 0.717) is 12.2 Å². The van der Waals surface area contributed by atoms with Gasteiger partial charge in [0.25, 0.3) is 0 Å². The second-order valence-electron chi connectivity index (χ2n) is 9.16. The van der Waals surface area contributed by atoms with Crippen molar-refractivity contribution in [3.8, 4) is 0 Å². The highest BCUT2D eigenvalue weighted by molar-refractivity contribution is 4.60. The zero-order chi connectivity index (χ0) is 22.8. The molecule has 0 aliphatic rings. The maximum Gasteiger partial charge on any atom is 0.0575 e. The van der Waals surface area contributed by atoms with Crippen molar-refractivity contribution in [1.82, 2.24) is 0 Å². The van der Waals surface area contributed by atoms with Gasteiger partial charge in [-0.2, -0.15) is 0 Å². The molecule has 2 unspecified atom stereocenters. The van der Waals surface area contributed by atoms with Gasteiger partial charge >= 0.3 is 0 Å². The highest BCUT2D eigenvalue weighted by atomic mass is 16.5. The average Bonchev–Trinajstić information content (AvgIpc) is 2.77. The van der Waals surface area contributed by atoms with Gasteiger partial charge in [0.05, 0.1) is 12.2 Å². The Morgan fingerprint density at radius 3 is 1.13 bits per heavy atom. The minimum absolute atomic E-state index is 0.493. The van der Waals surface area contributed by atoms with Crippen LogP contribution in [0.2, 0.25) is 0 Å². The lowest BCUT2D eigenvalue weighted by molar-refractivity contribution is 0.0468. The van der Waals surface area contributed by atoms with Gasteiger partial charge in [-0.05, 0) is 52.4 Å². The third kappa shape index (κ3) is 22.9. The standard InChI is InChI=1S/C28H58O3/c1-5-9-15-21-27(30-7-3)23-17-11-13-19-25-29-26-20-14-12-18-24-28(31-8-4)22-16-10-6-2/h27-28H,5-26H2,1-4H3. The number of hydrogen-bond donors (Lipinski definition) is 0. The Bertz CT molecular complexity index is 291. The average molecular weight is 443 g/mol. The van der Waals surface area contributed by atoms with Crippen LogP contribution in [-0.2, 0) is 14.2 Å². The summed E-state index contributed by atoms with van der Waals surface area (Å²) in [5.74, 6) is 0. The smallest absolute Gasteiger partial charge is 0.0575 e. The molecule has 3 heteroatoms. The van der Waals surface area contributed by atoms with Crippen molar-refractivity contribution in [3.63, 3.8) is 0 Å². The molecule has 0 aromatic rings. The lowest BCUT2D eigenvalue weighted by Gasteiger charge is -2.17. The Balaban J connectivity index is 3.43. The lowest BCUT2D eigenvalue weighted by Crippen LogP contribution is -2.13. The molecule has 0 aromatic carbocycles. The van der Waals surface area contributed by atoms with Crippen LogP contribution in [0.25, 0.3) is 0 Å². The molecule has 0 aromatic heterocycles. The van der Waals surface area contributed by atoms with Crippen LogP contribution in [-0.4, -0.2) is 38.6 Å². The first-order valence-electron chi connectivity index (χ1n) is 14.1. The van der Waals surface area contributed by atoms with Crippen LogP contribution in [0.3, 0.4) is 0 Å². The molecule has 31 heavy (non-hydrogen) atoms. The van der Waals surface area contributed by atoms with Crippen molar-refractivity contribution in [1.29, 1.82) is 0 Å². The van der Waals surface area contributed by atoms with Gasteiger partial charge in [-0.1, -0.05) is 90.9 Å². The van der Waals surface area contributed by atoms with Crippen molar-refractivity contribution in [2.75, 3.05) is 26.4 Å². The molecule has 0 aliphatic carbocycles. The summed E-state index contributed by atoms with van der Waals surface area (Å²) >= 11 is 0. The Morgan fingerprint density at radius 1 is 0.419 bits per heavy atom. The molecular weight excluding hydrogens is 384 g/mol. The molecule has 3 nitrogen and oxygen atoms in total. The first-order chi connectivity index (χ1) is 15.3. The molecule has 0 amide bonds. The predicted octanol–water partition coefficient (Wildman–Crippen LogP) is 8.87. The summed E-state index contributed by atoms with van der Waals surface area (Å²) in [7, 11) is 0. The summed E-state index contributed by atoms with van der Waals surface area (Å²) in [6.45, 7) is 12.4. The van der Waals surface area contributed by atoms with Crippen molar-refractivity contribution < 1.29 is 14.2 Å². The van der Waals surface area contributed by atoms with Crippen LogP contribution in [0.15, 0.2) is 0 Å². The predicted molar refractivity (Wildman–Crippen MR) is 136 cm³/mol. The van der Waals surface area contributed by atoms with Crippen molar-refractivity contribution in [3.05, 3.63) is 0 Å². The fourth-order valence-electron chi connectivity index (χ4n) is 4.30. The number of ether oxygens (including phenoxy) is 3. The van der Waals surface area contributed by atoms with Gasteiger partial charge in [-0.15, -0.1) is 0 Å². The zero-order valence-electron chi connectivity index (χ0n) is 21.9. The van der Waals surface area contributed by atoms with Gasteiger partial charge in [0.1, 0.15) is 0 Å². The lowest BCUT2D eigenvalue weighted by atomic mass is 10.0. The number of unbranched alkanes of at least 4 members (excludes halogenated alkanes) is 10. The van der Waals surface area contributed by atoms with E-state index < -0.39 is 0 Å². The van der Waals surface area contributed by atoms with Gasteiger partial charge in [-0.3, -0.25) is 0 Å². The Morgan fingerprint density at radius 2 is 0.774 bits per heavy atom. The molecule has 2 atom stereocenters. The molecule has 188 valence electrons. The topological polar surface area (TPSA) is 27.7 Å². The molecule has 0 rings (SSSR count). The maximum absolute atomic E-state index is 5.90. The van der Waals surface area contributed by atoms with Crippen molar-refractivity contribution >= 4 is 0 Å². The van der Waals surface area contributed by atoms with E-state index in [1.54, 1.807) is 0 Å². The summed E-state index contributed by atoms with van der Waals surface area (Å²) in [6, 6.07) is 0. The largest absolute Gasteiger partial charge is 0.381 e. The van der Waals surface area contributed by atoms with Crippen LogP contribution in [0.4, 0.5) is 0 Å². The highest BCUT2D eigenvalue weighted by Crippen LogP contribution is 2.16.